The van der Waals surface area contributed by atoms with E-state index >= 15 is 0 Å². The summed E-state index contributed by atoms with van der Waals surface area (Å²) in [6, 6.07) is 3.93. The highest BCUT2D eigenvalue weighted by atomic mass is 32.2. The van der Waals surface area contributed by atoms with Crippen LogP contribution in [-0.2, 0) is 5.54 Å². The molecule has 6 nitrogen and oxygen atoms in total. The third kappa shape index (κ3) is 2.55. The van der Waals surface area contributed by atoms with Gasteiger partial charge in [-0.2, -0.15) is 0 Å². The summed E-state index contributed by atoms with van der Waals surface area (Å²) >= 11 is 1.51. The fourth-order valence-corrected chi connectivity index (χ4v) is 3.58. The molecule has 0 aromatic heterocycles. The van der Waals surface area contributed by atoms with Crippen molar-refractivity contribution in [3.8, 4) is 0 Å². The fourth-order valence-electron chi connectivity index (χ4n) is 2.37. The largest absolute Gasteiger partial charge is 0.369 e. The Hall–Kier alpha value is -1.83. The minimum absolute atomic E-state index is 0.143. The fraction of sp³-hybridized carbons (Fsp3) is 0.462. The quantitative estimate of drug-likeness (QED) is 0.526. The van der Waals surface area contributed by atoms with Gasteiger partial charge >= 0.3 is 0 Å². The smallest absolute Gasteiger partial charge is 0.270 e. The number of hydrogen-bond acceptors (Lipinski definition) is 6. The van der Waals surface area contributed by atoms with Crippen molar-refractivity contribution < 1.29 is 9.31 Å². The molecule has 1 aliphatic carbocycles. The highest BCUT2D eigenvalue weighted by Gasteiger charge is 2.40. The normalized spacial score (nSPS) is 25.6. The van der Waals surface area contributed by atoms with E-state index < -0.39 is 16.3 Å². The van der Waals surface area contributed by atoms with E-state index in [0.29, 0.717) is 17.8 Å². The molecule has 8 heteroatoms. The topological polar surface area (TPSA) is 84.8 Å². The first-order chi connectivity index (χ1) is 9.90. The summed E-state index contributed by atoms with van der Waals surface area (Å²) < 4.78 is 16.1. The van der Waals surface area contributed by atoms with Gasteiger partial charge in [-0.25, -0.2) is 9.38 Å². The van der Waals surface area contributed by atoms with Crippen LogP contribution in [0.15, 0.2) is 23.2 Å². The number of aliphatic imine (C=N–C) groups is 1. The van der Waals surface area contributed by atoms with E-state index in [9.17, 15) is 14.5 Å². The molecule has 1 heterocycles. The van der Waals surface area contributed by atoms with Crippen LogP contribution >= 0.6 is 11.9 Å². The molecule has 1 aromatic carbocycles. The van der Waals surface area contributed by atoms with Crippen molar-refractivity contribution in [1.29, 1.82) is 0 Å². The molecule has 1 fully saturated rings. The van der Waals surface area contributed by atoms with Crippen LogP contribution < -0.4 is 5.73 Å². The number of nitro groups is 1. The average Bonchev–Trinajstić information content (AvgIpc) is 3.23. The Bertz CT molecular complexity index is 635. The van der Waals surface area contributed by atoms with Gasteiger partial charge in [0, 0.05) is 29.5 Å². The summed E-state index contributed by atoms with van der Waals surface area (Å²) in [5.74, 6) is 0.365. The van der Waals surface area contributed by atoms with E-state index in [1.54, 1.807) is 6.92 Å². The molecule has 0 amide bonds. The van der Waals surface area contributed by atoms with Crippen molar-refractivity contribution in [2.45, 2.75) is 31.3 Å². The van der Waals surface area contributed by atoms with Gasteiger partial charge in [0.2, 0.25) is 5.96 Å². The van der Waals surface area contributed by atoms with E-state index in [-0.39, 0.29) is 11.3 Å². The number of nitrogens with two attached hydrogens (primary N) is 1. The van der Waals surface area contributed by atoms with E-state index in [2.05, 4.69) is 4.99 Å². The van der Waals surface area contributed by atoms with Crippen LogP contribution in [0, 0.1) is 15.9 Å². The van der Waals surface area contributed by atoms with E-state index in [1.165, 1.54) is 18.0 Å². The number of nitro benzene ring substituents is 1. The molecule has 1 aliphatic heterocycles. The van der Waals surface area contributed by atoms with Crippen LogP contribution in [-0.4, -0.2) is 27.0 Å². The number of hydrogen-bond donors (Lipinski definition) is 1. The lowest BCUT2D eigenvalue weighted by molar-refractivity contribution is -0.385. The molecule has 0 unspecified atom stereocenters. The molecule has 0 spiro atoms. The zero-order valence-corrected chi connectivity index (χ0v) is 12.3. The molecule has 1 aromatic rings. The number of nitrogens with zero attached hydrogens (tertiary/aromatic N) is 3. The molecule has 0 radical (unpaired) electrons. The molecule has 1 saturated carbocycles. The van der Waals surface area contributed by atoms with Gasteiger partial charge in [0.1, 0.15) is 11.4 Å². The molecule has 0 saturated heterocycles. The van der Waals surface area contributed by atoms with Gasteiger partial charge in [0.25, 0.3) is 5.69 Å². The third-order valence-electron chi connectivity index (χ3n) is 3.69. The predicted octanol–water partition coefficient (Wildman–Crippen LogP) is 2.39. The highest BCUT2D eigenvalue weighted by Crippen LogP contribution is 2.41. The molecule has 21 heavy (non-hydrogen) atoms. The van der Waals surface area contributed by atoms with E-state index in [4.69, 9.17) is 5.73 Å². The lowest BCUT2D eigenvalue weighted by Crippen LogP contribution is -2.43. The predicted molar refractivity (Wildman–Crippen MR) is 79.3 cm³/mol. The van der Waals surface area contributed by atoms with Crippen molar-refractivity contribution in [2.24, 2.45) is 10.7 Å². The Labute approximate surface area is 125 Å². The Morgan fingerprint density at radius 3 is 2.86 bits per heavy atom. The van der Waals surface area contributed by atoms with Crippen LogP contribution in [0.3, 0.4) is 0 Å². The average molecular weight is 310 g/mol. The summed E-state index contributed by atoms with van der Waals surface area (Å²) in [5.41, 5.74) is 5.16. The zero-order valence-electron chi connectivity index (χ0n) is 11.5. The molecule has 3 rings (SSSR count). The van der Waals surface area contributed by atoms with Crippen molar-refractivity contribution in [3.05, 3.63) is 39.7 Å². The van der Waals surface area contributed by atoms with Crippen molar-refractivity contribution >= 4 is 23.6 Å². The molecular weight excluding hydrogens is 295 g/mol. The maximum Gasteiger partial charge on any atom is 0.270 e. The Kier molecular flexibility index (Phi) is 3.27. The lowest BCUT2D eigenvalue weighted by atomic mass is 9.93. The summed E-state index contributed by atoms with van der Waals surface area (Å²) in [4.78, 5) is 14.8. The molecule has 2 aliphatic rings. The van der Waals surface area contributed by atoms with Crippen LogP contribution in [0.1, 0.15) is 25.3 Å². The first kappa shape index (κ1) is 14.1. The maximum absolute atomic E-state index is 14.1. The maximum atomic E-state index is 14.1. The standard InChI is InChI=1S/C13H15FN4O2S/c1-13(7-21-17(8-2-3-8)12(15)16-13)10-6-9(18(19)20)4-5-11(10)14/h4-6,8H,2-3,7H2,1H3,(H2,15,16)/t13-/m0/s1. The third-order valence-corrected chi connectivity index (χ3v) is 5.15. The van der Waals surface area contributed by atoms with Crippen LogP contribution in [0.25, 0.3) is 0 Å². The van der Waals surface area contributed by atoms with Gasteiger partial charge in [-0.3, -0.25) is 14.4 Å². The van der Waals surface area contributed by atoms with Gasteiger partial charge in [-0.15, -0.1) is 0 Å². The van der Waals surface area contributed by atoms with Crippen molar-refractivity contribution in [2.75, 3.05) is 5.75 Å². The molecule has 112 valence electrons. The summed E-state index contributed by atoms with van der Waals surface area (Å²) in [6.07, 6.45) is 2.18. The second kappa shape index (κ2) is 4.87. The van der Waals surface area contributed by atoms with Crippen LogP contribution in [0.5, 0.6) is 0 Å². The second-order valence-corrected chi connectivity index (χ2v) is 6.44. The second-order valence-electron chi connectivity index (χ2n) is 5.50. The molecule has 1 atom stereocenters. The van der Waals surface area contributed by atoms with E-state index in [1.807, 2.05) is 4.31 Å². The minimum atomic E-state index is -0.893. The number of rotatable bonds is 3. The van der Waals surface area contributed by atoms with Crippen molar-refractivity contribution in [3.63, 3.8) is 0 Å². The molecule has 2 N–H and O–H groups in total. The Balaban J connectivity index is 1.99. The van der Waals surface area contributed by atoms with E-state index in [0.717, 1.165) is 25.0 Å². The van der Waals surface area contributed by atoms with Gasteiger partial charge in [-0.05, 0) is 37.8 Å². The zero-order chi connectivity index (χ0) is 15.2. The minimum Gasteiger partial charge on any atom is -0.369 e. The SMILES string of the molecule is C[C@@]1(c2cc([N+](=O)[O-])ccc2F)CSN(C2CC2)C(N)=N1. The van der Waals surface area contributed by atoms with Crippen LogP contribution in [0.2, 0.25) is 0 Å². The summed E-state index contributed by atoms with van der Waals surface area (Å²) in [6.45, 7) is 1.75. The van der Waals surface area contributed by atoms with Gasteiger partial charge < -0.3 is 5.73 Å². The number of non-ortho nitro benzene ring substituents is 1. The van der Waals surface area contributed by atoms with Crippen LogP contribution in [0.4, 0.5) is 10.1 Å². The Morgan fingerprint density at radius 2 is 2.29 bits per heavy atom. The number of benzene rings is 1. The lowest BCUT2D eigenvalue weighted by Gasteiger charge is -2.35. The molecular formula is C13H15FN4O2S. The van der Waals surface area contributed by atoms with Gasteiger partial charge in [0.05, 0.1) is 4.92 Å². The molecule has 0 bridgehead atoms. The first-order valence-electron chi connectivity index (χ1n) is 6.62. The van der Waals surface area contributed by atoms with Gasteiger partial charge in [-0.1, -0.05) is 0 Å². The highest BCUT2D eigenvalue weighted by molar-refractivity contribution is 7.97. The summed E-state index contributed by atoms with van der Waals surface area (Å²) in [7, 11) is 0. The number of halogens is 1. The first-order valence-corrected chi connectivity index (χ1v) is 7.57. The monoisotopic (exact) mass is 310 g/mol. The van der Waals surface area contributed by atoms with Crippen molar-refractivity contribution in [1.82, 2.24) is 4.31 Å². The number of guanidine groups is 1. The Morgan fingerprint density at radius 1 is 1.57 bits per heavy atom. The van der Waals surface area contributed by atoms with Gasteiger partial charge in [0.15, 0.2) is 0 Å². The summed E-state index contributed by atoms with van der Waals surface area (Å²) in [5, 5.41) is 10.9.